The van der Waals surface area contributed by atoms with Crippen molar-refractivity contribution in [3.05, 3.63) is 18.3 Å². The number of anilines is 1. The lowest BCUT2D eigenvalue weighted by atomic mass is 10.3. The molecule has 0 amide bonds. The molecule has 0 spiro atoms. The highest BCUT2D eigenvalue weighted by Gasteiger charge is 2.30. The Kier molecular flexibility index (Phi) is 4.86. The van der Waals surface area contributed by atoms with Crippen LogP contribution in [0.15, 0.2) is 18.3 Å². The second-order valence-electron chi connectivity index (χ2n) is 3.28. The second kappa shape index (κ2) is 5.95. The largest absolute Gasteiger partial charge is 0.481 e. The van der Waals surface area contributed by atoms with E-state index in [0.29, 0.717) is 5.69 Å². The predicted molar refractivity (Wildman–Crippen MR) is 59.8 cm³/mol. The van der Waals surface area contributed by atoms with Crippen molar-refractivity contribution >= 4 is 17.3 Å². The third kappa shape index (κ3) is 4.68. The van der Waals surface area contributed by atoms with Gasteiger partial charge < -0.3 is 9.64 Å². The second-order valence-corrected chi connectivity index (χ2v) is 3.66. The van der Waals surface area contributed by atoms with Gasteiger partial charge in [-0.1, -0.05) is 0 Å². The summed E-state index contributed by atoms with van der Waals surface area (Å²) in [5.41, 5.74) is 0.384. The summed E-state index contributed by atoms with van der Waals surface area (Å²) in [5, 5.41) is 0. The van der Waals surface area contributed by atoms with Crippen LogP contribution in [0.3, 0.4) is 0 Å². The van der Waals surface area contributed by atoms with E-state index in [1.807, 2.05) is 0 Å². The number of aromatic nitrogens is 1. The van der Waals surface area contributed by atoms with Gasteiger partial charge in [0.2, 0.25) is 5.88 Å². The maximum atomic E-state index is 12.4. The van der Waals surface area contributed by atoms with Gasteiger partial charge in [0.05, 0.1) is 7.11 Å². The molecule has 1 aromatic rings. The zero-order valence-electron chi connectivity index (χ0n) is 9.17. The Labute approximate surface area is 102 Å². The van der Waals surface area contributed by atoms with Crippen LogP contribution in [-0.2, 0) is 0 Å². The van der Waals surface area contributed by atoms with Crippen LogP contribution in [0.5, 0.6) is 5.88 Å². The van der Waals surface area contributed by atoms with Gasteiger partial charge in [-0.05, 0) is 6.07 Å². The number of ether oxygens (including phenoxy) is 1. The Morgan fingerprint density at radius 3 is 2.71 bits per heavy atom. The lowest BCUT2D eigenvalue weighted by Crippen LogP contribution is -2.35. The molecule has 0 aromatic carbocycles. The smallest absolute Gasteiger partial charge is 0.405 e. The van der Waals surface area contributed by atoms with E-state index >= 15 is 0 Å². The molecule has 17 heavy (non-hydrogen) atoms. The molecule has 0 radical (unpaired) electrons. The van der Waals surface area contributed by atoms with Gasteiger partial charge in [-0.2, -0.15) is 13.2 Å². The maximum absolute atomic E-state index is 12.4. The fraction of sp³-hybridized carbons (Fsp3) is 0.500. The molecule has 3 nitrogen and oxygen atoms in total. The number of methoxy groups -OCH3 is 1. The fourth-order valence-corrected chi connectivity index (χ4v) is 1.53. The van der Waals surface area contributed by atoms with Gasteiger partial charge >= 0.3 is 6.18 Å². The molecular weight excluding hydrogens is 257 g/mol. The Morgan fingerprint density at radius 2 is 2.18 bits per heavy atom. The summed E-state index contributed by atoms with van der Waals surface area (Å²) in [4.78, 5) is 4.97. The number of hydrogen-bond donors (Lipinski definition) is 0. The molecule has 0 saturated carbocycles. The number of rotatable bonds is 5. The van der Waals surface area contributed by atoms with E-state index in [9.17, 15) is 13.2 Å². The first-order valence-electron chi connectivity index (χ1n) is 4.84. The molecule has 0 unspecified atom stereocenters. The van der Waals surface area contributed by atoms with Crippen molar-refractivity contribution in [2.24, 2.45) is 0 Å². The summed E-state index contributed by atoms with van der Waals surface area (Å²) in [7, 11) is 1.40. The topological polar surface area (TPSA) is 25.4 Å². The van der Waals surface area contributed by atoms with Crippen molar-refractivity contribution < 1.29 is 17.9 Å². The van der Waals surface area contributed by atoms with E-state index < -0.39 is 12.7 Å². The van der Waals surface area contributed by atoms with Crippen LogP contribution in [-0.4, -0.2) is 37.2 Å². The van der Waals surface area contributed by atoms with Gasteiger partial charge in [0.15, 0.2) is 0 Å². The summed E-state index contributed by atoms with van der Waals surface area (Å²) in [5.74, 6) is 0.380. The van der Waals surface area contributed by atoms with Crippen molar-refractivity contribution in [3.8, 4) is 5.88 Å². The van der Waals surface area contributed by atoms with Crippen LogP contribution < -0.4 is 9.64 Å². The summed E-state index contributed by atoms with van der Waals surface area (Å²) in [6.45, 7) is -0.943. The molecule has 0 bridgehead atoms. The van der Waals surface area contributed by atoms with Crippen LogP contribution in [0.2, 0.25) is 0 Å². The van der Waals surface area contributed by atoms with E-state index in [2.05, 4.69) is 4.98 Å². The number of hydrogen-bond acceptors (Lipinski definition) is 3. The molecule has 0 aliphatic carbocycles. The zero-order valence-corrected chi connectivity index (χ0v) is 9.92. The van der Waals surface area contributed by atoms with Gasteiger partial charge in [0.25, 0.3) is 0 Å². The Balaban J connectivity index is 2.88. The molecule has 0 aliphatic rings. The summed E-state index contributed by atoms with van der Waals surface area (Å²) in [6.07, 6.45) is -2.88. The highest BCUT2D eigenvalue weighted by atomic mass is 35.5. The molecule has 1 aromatic heterocycles. The minimum Gasteiger partial charge on any atom is -0.481 e. The first-order chi connectivity index (χ1) is 7.96. The van der Waals surface area contributed by atoms with Gasteiger partial charge in [0, 0.05) is 30.4 Å². The minimum atomic E-state index is -4.28. The molecule has 0 atom stereocenters. The predicted octanol–water partition coefficient (Wildman–Crippen LogP) is 2.70. The molecule has 0 saturated heterocycles. The summed E-state index contributed by atoms with van der Waals surface area (Å²) < 4.78 is 42.0. The first kappa shape index (κ1) is 13.9. The molecule has 0 fully saturated rings. The average Bonchev–Trinajstić information content (AvgIpc) is 2.27. The van der Waals surface area contributed by atoms with Crippen molar-refractivity contribution in [2.75, 3.05) is 31.0 Å². The van der Waals surface area contributed by atoms with Crippen molar-refractivity contribution in [1.29, 1.82) is 0 Å². The molecular formula is C10H12ClF3N2O. The zero-order chi connectivity index (χ0) is 12.9. The Morgan fingerprint density at radius 1 is 1.47 bits per heavy atom. The van der Waals surface area contributed by atoms with Gasteiger partial charge in [-0.3, -0.25) is 0 Å². The lowest BCUT2D eigenvalue weighted by Gasteiger charge is -2.25. The monoisotopic (exact) mass is 268 g/mol. The maximum Gasteiger partial charge on any atom is 0.405 e. The van der Waals surface area contributed by atoms with Crippen molar-refractivity contribution in [2.45, 2.75) is 6.18 Å². The number of alkyl halides is 4. The van der Waals surface area contributed by atoms with E-state index in [4.69, 9.17) is 16.3 Å². The Bertz CT molecular complexity index is 360. The van der Waals surface area contributed by atoms with Crippen molar-refractivity contribution in [3.63, 3.8) is 0 Å². The highest BCUT2D eigenvalue weighted by molar-refractivity contribution is 6.18. The quantitative estimate of drug-likeness (QED) is 0.768. The lowest BCUT2D eigenvalue weighted by molar-refractivity contribution is -0.119. The summed E-state index contributed by atoms with van der Waals surface area (Å²) >= 11 is 5.49. The highest BCUT2D eigenvalue weighted by Crippen LogP contribution is 2.23. The van der Waals surface area contributed by atoms with E-state index in [1.165, 1.54) is 25.4 Å². The number of pyridine rings is 1. The van der Waals surface area contributed by atoms with Gasteiger partial charge in [0.1, 0.15) is 6.54 Å². The van der Waals surface area contributed by atoms with Gasteiger partial charge in [-0.15, -0.1) is 11.6 Å². The van der Waals surface area contributed by atoms with Crippen LogP contribution in [0.4, 0.5) is 18.9 Å². The van der Waals surface area contributed by atoms with E-state index in [-0.39, 0.29) is 18.3 Å². The molecule has 1 rings (SSSR count). The third-order valence-corrected chi connectivity index (χ3v) is 2.19. The normalized spacial score (nSPS) is 11.4. The SMILES string of the molecule is COc1cc(N(CCCl)CC(F)(F)F)ccn1. The third-order valence-electron chi connectivity index (χ3n) is 2.02. The minimum absolute atomic E-state index is 0.105. The molecule has 7 heteroatoms. The Hall–Kier alpha value is -1.17. The number of nitrogens with zero attached hydrogens (tertiary/aromatic N) is 2. The van der Waals surface area contributed by atoms with E-state index in [1.54, 1.807) is 0 Å². The molecule has 0 aliphatic heterocycles. The van der Waals surface area contributed by atoms with E-state index in [0.717, 1.165) is 4.90 Å². The van der Waals surface area contributed by atoms with Gasteiger partial charge in [-0.25, -0.2) is 4.98 Å². The van der Waals surface area contributed by atoms with Crippen LogP contribution in [0.25, 0.3) is 0 Å². The fourth-order valence-electron chi connectivity index (χ4n) is 1.33. The van der Waals surface area contributed by atoms with Crippen LogP contribution in [0, 0.1) is 0 Å². The molecule has 96 valence electrons. The number of halogens is 4. The summed E-state index contributed by atoms with van der Waals surface area (Å²) in [6, 6.07) is 2.93. The first-order valence-corrected chi connectivity index (χ1v) is 5.37. The van der Waals surface area contributed by atoms with Crippen LogP contribution >= 0.6 is 11.6 Å². The molecule has 0 N–H and O–H groups in total. The van der Waals surface area contributed by atoms with Crippen LogP contribution in [0.1, 0.15) is 0 Å². The average molecular weight is 269 g/mol. The van der Waals surface area contributed by atoms with Crippen molar-refractivity contribution in [1.82, 2.24) is 4.98 Å². The standard InChI is InChI=1S/C10H12ClF3N2O/c1-17-9-6-8(2-4-15-9)16(5-3-11)7-10(12,13)14/h2,4,6H,3,5,7H2,1H3. The molecule has 1 heterocycles.